The van der Waals surface area contributed by atoms with Crippen LogP contribution in [0.1, 0.15) is 6.92 Å². The minimum Gasteiger partial charge on any atom is -0.385 e. The van der Waals surface area contributed by atoms with Crippen molar-refractivity contribution in [2.45, 2.75) is 6.92 Å². The molecule has 0 heterocycles. The highest BCUT2D eigenvalue weighted by atomic mass is 28.1. The Balaban J connectivity index is 2.81. The third-order valence-corrected chi connectivity index (χ3v) is 1.73. The van der Waals surface area contributed by atoms with Crippen LogP contribution in [0.25, 0.3) is 0 Å². The molecule has 0 saturated heterocycles. The molecule has 0 atom stereocenters. The summed E-state index contributed by atoms with van der Waals surface area (Å²) < 4.78 is 0. The molecule has 51 valence electrons. The van der Waals surface area contributed by atoms with Gasteiger partial charge in [0.2, 0.25) is 0 Å². The van der Waals surface area contributed by atoms with Crippen LogP contribution >= 0.6 is 0 Å². The van der Waals surface area contributed by atoms with Crippen LogP contribution in [0.4, 0.5) is 5.69 Å². The molecule has 1 N–H and O–H groups in total. The van der Waals surface area contributed by atoms with Crippen LogP contribution in [0.3, 0.4) is 0 Å². The average molecular weight is 148 g/mol. The van der Waals surface area contributed by atoms with Gasteiger partial charge in [0.1, 0.15) is 0 Å². The molecule has 1 aromatic carbocycles. The van der Waals surface area contributed by atoms with Gasteiger partial charge in [-0.2, -0.15) is 0 Å². The van der Waals surface area contributed by atoms with Gasteiger partial charge in [0, 0.05) is 12.2 Å². The molecule has 0 spiro atoms. The van der Waals surface area contributed by atoms with E-state index in [1.165, 1.54) is 0 Å². The van der Waals surface area contributed by atoms with E-state index >= 15 is 0 Å². The molecule has 0 bridgehead atoms. The highest BCUT2D eigenvalue weighted by molar-refractivity contribution is 6.35. The van der Waals surface area contributed by atoms with Crippen molar-refractivity contribution in [1.29, 1.82) is 0 Å². The van der Waals surface area contributed by atoms with Gasteiger partial charge >= 0.3 is 0 Å². The standard InChI is InChI=1S/C8H10NSi/c1-2-9-7-5-3-4-6-8(7)10/h3-6,9H,2H2,1H3. The fourth-order valence-electron chi connectivity index (χ4n) is 0.828. The van der Waals surface area contributed by atoms with E-state index in [1.54, 1.807) is 0 Å². The van der Waals surface area contributed by atoms with Crippen LogP contribution in [0.5, 0.6) is 0 Å². The molecule has 3 radical (unpaired) electrons. The van der Waals surface area contributed by atoms with Crippen molar-refractivity contribution in [2.24, 2.45) is 0 Å². The molecule has 0 saturated carbocycles. The molecule has 1 aromatic rings. The van der Waals surface area contributed by atoms with Gasteiger partial charge in [-0.05, 0) is 18.2 Å². The predicted octanol–water partition coefficient (Wildman–Crippen LogP) is 0.912. The number of nitrogens with one attached hydrogen (secondary N) is 1. The van der Waals surface area contributed by atoms with Gasteiger partial charge in [-0.25, -0.2) is 0 Å². The summed E-state index contributed by atoms with van der Waals surface area (Å²) in [4.78, 5) is 0. The second-order valence-electron chi connectivity index (χ2n) is 2.08. The Morgan fingerprint density at radius 1 is 1.40 bits per heavy atom. The highest BCUT2D eigenvalue weighted by Gasteiger charge is 1.90. The maximum absolute atomic E-state index is 3.48. The van der Waals surface area contributed by atoms with Crippen molar-refractivity contribution in [3.8, 4) is 0 Å². The van der Waals surface area contributed by atoms with Gasteiger partial charge in [-0.15, -0.1) is 0 Å². The van der Waals surface area contributed by atoms with E-state index in [0.29, 0.717) is 0 Å². The number of hydrogen-bond acceptors (Lipinski definition) is 1. The lowest BCUT2D eigenvalue weighted by atomic mass is 10.3. The lowest BCUT2D eigenvalue weighted by molar-refractivity contribution is 1.22. The van der Waals surface area contributed by atoms with Crippen molar-refractivity contribution in [3.05, 3.63) is 24.3 Å². The van der Waals surface area contributed by atoms with Gasteiger partial charge in [-0.3, -0.25) is 0 Å². The Morgan fingerprint density at radius 3 is 2.70 bits per heavy atom. The summed E-state index contributed by atoms with van der Waals surface area (Å²) in [7, 11) is 3.48. The van der Waals surface area contributed by atoms with Gasteiger partial charge in [-0.1, -0.05) is 18.2 Å². The van der Waals surface area contributed by atoms with Gasteiger partial charge in [0.15, 0.2) is 0 Å². The van der Waals surface area contributed by atoms with Crippen LogP contribution < -0.4 is 10.5 Å². The largest absolute Gasteiger partial charge is 0.385 e. The quantitative estimate of drug-likeness (QED) is 0.615. The van der Waals surface area contributed by atoms with Crippen molar-refractivity contribution < 1.29 is 0 Å². The Labute approximate surface area is 64.9 Å². The van der Waals surface area contributed by atoms with E-state index < -0.39 is 0 Å². The first kappa shape index (κ1) is 7.35. The van der Waals surface area contributed by atoms with E-state index in [0.717, 1.165) is 17.4 Å². The molecule has 0 aliphatic carbocycles. The maximum atomic E-state index is 3.48. The van der Waals surface area contributed by atoms with Gasteiger partial charge in [0.25, 0.3) is 0 Å². The SMILES string of the molecule is CCNc1ccccc1[Si]. The number of hydrogen-bond donors (Lipinski definition) is 1. The minimum absolute atomic E-state index is 0.960. The summed E-state index contributed by atoms with van der Waals surface area (Å²) in [5.74, 6) is 0. The molecule has 1 rings (SSSR count). The molecular formula is C8H10NSi. The molecular weight excluding hydrogens is 138 g/mol. The van der Waals surface area contributed by atoms with E-state index in [-0.39, 0.29) is 0 Å². The molecule has 0 aliphatic heterocycles. The third-order valence-electron chi connectivity index (χ3n) is 1.29. The summed E-state index contributed by atoms with van der Waals surface area (Å²) in [6, 6.07) is 8.09. The van der Waals surface area contributed by atoms with Crippen molar-refractivity contribution >= 4 is 21.1 Å². The molecule has 1 nitrogen and oxygen atoms in total. The van der Waals surface area contributed by atoms with Crippen LogP contribution in [-0.2, 0) is 0 Å². The smallest absolute Gasteiger partial charge is 0.0741 e. The average Bonchev–Trinajstić information content (AvgIpc) is 1.94. The van der Waals surface area contributed by atoms with Crippen LogP contribution in [-0.4, -0.2) is 16.8 Å². The summed E-state index contributed by atoms with van der Waals surface area (Å²) in [5, 5.41) is 4.34. The number of anilines is 1. The second-order valence-corrected chi connectivity index (χ2v) is 2.61. The van der Waals surface area contributed by atoms with Crippen LogP contribution in [0.15, 0.2) is 24.3 Å². The molecule has 0 fully saturated rings. The van der Waals surface area contributed by atoms with Crippen molar-refractivity contribution in [1.82, 2.24) is 0 Å². The first-order valence-electron chi connectivity index (χ1n) is 3.39. The lowest BCUT2D eigenvalue weighted by Crippen LogP contribution is -2.10. The zero-order valence-corrected chi connectivity index (χ0v) is 7.02. The van der Waals surface area contributed by atoms with Gasteiger partial charge in [0.05, 0.1) is 10.2 Å². The highest BCUT2D eigenvalue weighted by Crippen LogP contribution is 1.99. The Morgan fingerprint density at radius 2 is 2.10 bits per heavy atom. The molecule has 10 heavy (non-hydrogen) atoms. The van der Waals surface area contributed by atoms with E-state index in [9.17, 15) is 0 Å². The topological polar surface area (TPSA) is 12.0 Å². The Kier molecular flexibility index (Phi) is 2.51. The van der Waals surface area contributed by atoms with E-state index in [2.05, 4.69) is 22.5 Å². The molecule has 0 unspecified atom stereocenters. The Hall–Kier alpha value is -0.763. The van der Waals surface area contributed by atoms with E-state index in [4.69, 9.17) is 0 Å². The first-order valence-corrected chi connectivity index (χ1v) is 3.89. The number of para-hydroxylation sites is 1. The first-order chi connectivity index (χ1) is 4.84. The zero-order valence-electron chi connectivity index (χ0n) is 6.02. The molecule has 2 heteroatoms. The van der Waals surface area contributed by atoms with Crippen molar-refractivity contribution in [2.75, 3.05) is 11.9 Å². The van der Waals surface area contributed by atoms with Crippen molar-refractivity contribution in [3.63, 3.8) is 0 Å². The summed E-state index contributed by atoms with van der Waals surface area (Å²) in [6.45, 7) is 3.04. The summed E-state index contributed by atoms with van der Waals surface area (Å²) >= 11 is 0. The number of rotatable bonds is 2. The predicted molar refractivity (Wildman–Crippen MR) is 46.0 cm³/mol. The maximum Gasteiger partial charge on any atom is 0.0741 e. The zero-order chi connectivity index (χ0) is 7.40. The minimum atomic E-state index is 0.960. The Bertz CT molecular complexity index is 210. The lowest BCUT2D eigenvalue weighted by Gasteiger charge is -2.04. The molecule has 0 aromatic heterocycles. The number of benzene rings is 1. The summed E-state index contributed by atoms with van der Waals surface area (Å²) in [6.07, 6.45) is 0. The van der Waals surface area contributed by atoms with E-state index in [1.807, 2.05) is 24.3 Å². The fraction of sp³-hybridized carbons (Fsp3) is 0.250. The normalized spacial score (nSPS) is 9.40. The van der Waals surface area contributed by atoms with Crippen LogP contribution in [0, 0.1) is 0 Å². The second kappa shape index (κ2) is 3.42. The van der Waals surface area contributed by atoms with Crippen LogP contribution in [0.2, 0.25) is 0 Å². The molecule has 0 aliphatic rings. The third kappa shape index (κ3) is 1.61. The fourth-order valence-corrected chi connectivity index (χ4v) is 1.10. The van der Waals surface area contributed by atoms with Gasteiger partial charge < -0.3 is 5.32 Å². The summed E-state index contributed by atoms with van der Waals surface area (Å²) in [5.41, 5.74) is 1.15. The molecule has 0 amide bonds. The monoisotopic (exact) mass is 148 g/mol.